The molecule has 1 aromatic rings. The molecule has 0 saturated carbocycles. The van der Waals surface area contributed by atoms with Crippen molar-refractivity contribution in [2.24, 2.45) is 0 Å². The first kappa shape index (κ1) is 12.8. The molecule has 0 aliphatic carbocycles. The quantitative estimate of drug-likeness (QED) is 0.566. The first-order valence-electron chi connectivity index (χ1n) is 5.31. The Bertz CT molecular complexity index is 360. The minimum Gasteiger partial charge on any atom is -0.394 e. The largest absolute Gasteiger partial charge is 0.394 e. The first-order chi connectivity index (χ1) is 7.41. The maximum Gasteiger partial charge on any atom is 0.148 e. The second-order valence-corrected chi connectivity index (χ2v) is 4.17. The van der Waals surface area contributed by atoms with Crippen molar-refractivity contribution < 1.29 is 10.2 Å². The Morgan fingerprint density at radius 2 is 2.19 bits per heavy atom. The highest BCUT2D eigenvalue weighted by atomic mass is 16.3. The van der Waals surface area contributed by atoms with Crippen LogP contribution in [0.15, 0.2) is 0 Å². The van der Waals surface area contributed by atoms with Gasteiger partial charge in [0, 0.05) is 13.1 Å². The van der Waals surface area contributed by atoms with Gasteiger partial charge in [0.25, 0.3) is 0 Å². The average molecular weight is 228 g/mol. The summed E-state index contributed by atoms with van der Waals surface area (Å²) in [6.07, 6.45) is 0. The summed E-state index contributed by atoms with van der Waals surface area (Å²) in [7, 11) is 0. The Morgan fingerprint density at radius 1 is 1.56 bits per heavy atom. The van der Waals surface area contributed by atoms with Crippen molar-refractivity contribution >= 4 is 11.5 Å². The second kappa shape index (κ2) is 4.71. The number of nitrogen functional groups attached to an aromatic ring is 1. The van der Waals surface area contributed by atoms with Gasteiger partial charge < -0.3 is 21.3 Å². The second-order valence-electron chi connectivity index (χ2n) is 4.17. The van der Waals surface area contributed by atoms with Crippen molar-refractivity contribution in [2.75, 3.05) is 24.2 Å². The topological polar surface area (TPSA) is 96.3 Å². The first-order valence-corrected chi connectivity index (χ1v) is 5.31. The van der Waals surface area contributed by atoms with Gasteiger partial charge in [0.05, 0.1) is 18.0 Å². The van der Waals surface area contributed by atoms with Crippen LogP contribution in [0.25, 0.3) is 0 Å². The normalized spacial score (nSPS) is 14.8. The van der Waals surface area contributed by atoms with E-state index in [0.717, 1.165) is 5.69 Å². The molecule has 1 unspecified atom stereocenters. The predicted octanol–water partition coefficient (Wildman–Crippen LogP) is -0.0512. The maximum absolute atomic E-state index is 9.66. The number of aromatic nitrogens is 2. The molecule has 1 rings (SSSR count). The molecular formula is C10H20N4O2. The summed E-state index contributed by atoms with van der Waals surface area (Å²) in [4.78, 5) is 0. The van der Waals surface area contributed by atoms with E-state index in [1.54, 1.807) is 11.6 Å². The van der Waals surface area contributed by atoms with Crippen LogP contribution in [-0.4, -0.2) is 38.7 Å². The molecular weight excluding hydrogens is 208 g/mol. The van der Waals surface area contributed by atoms with Crippen molar-refractivity contribution in [3.63, 3.8) is 0 Å². The lowest BCUT2D eigenvalue weighted by Crippen LogP contribution is -2.37. The third-order valence-electron chi connectivity index (χ3n) is 2.45. The van der Waals surface area contributed by atoms with Gasteiger partial charge in [0.15, 0.2) is 0 Å². The van der Waals surface area contributed by atoms with E-state index in [4.69, 9.17) is 10.8 Å². The molecule has 5 N–H and O–H groups in total. The molecule has 1 aromatic heterocycles. The molecule has 1 heterocycles. The van der Waals surface area contributed by atoms with Gasteiger partial charge in [-0.1, -0.05) is 0 Å². The minimum absolute atomic E-state index is 0.221. The molecule has 92 valence electrons. The summed E-state index contributed by atoms with van der Waals surface area (Å²) < 4.78 is 1.73. The van der Waals surface area contributed by atoms with Crippen LogP contribution >= 0.6 is 0 Å². The van der Waals surface area contributed by atoms with E-state index >= 15 is 0 Å². The number of rotatable bonds is 5. The van der Waals surface area contributed by atoms with Gasteiger partial charge >= 0.3 is 0 Å². The van der Waals surface area contributed by atoms with Crippen molar-refractivity contribution in [1.29, 1.82) is 0 Å². The Balaban J connectivity index is 2.81. The molecule has 1 atom stereocenters. The lowest BCUT2D eigenvalue weighted by molar-refractivity contribution is 0.0131. The summed E-state index contributed by atoms with van der Waals surface area (Å²) in [6.45, 7) is 5.95. The van der Waals surface area contributed by atoms with Crippen LogP contribution < -0.4 is 11.1 Å². The third-order valence-corrected chi connectivity index (χ3v) is 2.45. The number of aliphatic hydroxyl groups is 2. The maximum atomic E-state index is 9.66. The number of hydrogen-bond donors (Lipinski definition) is 4. The van der Waals surface area contributed by atoms with Crippen LogP contribution in [0.2, 0.25) is 0 Å². The van der Waals surface area contributed by atoms with Crippen LogP contribution in [-0.2, 0) is 6.54 Å². The highest BCUT2D eigenvalue weighted by Gasteiger charge is 2.20. The van der Waals surface area contributed by atoms with E-state index in [9.17, 15) is 5.11 Å². The van der Waals surface area contributed by atoms with Crippen molar-refractivity contribution in [1.82, 2.24) is 9.78 Å². The molecule has 0 radical (unpaired) electrons. The Hall–Kier alpha value is -1.27. The lowest BCUT2D eigenvalue weighted by Gasteiger charge is -2.21. The molecule has 0 fully saturated rings. The van der Waals surface area contributed by atoms with E-state index < -0.39 is 5.60 Å². The van der Waals surface area contributed by atoms with Crippen LogP contribution in [0.3, 0.4) is 0 Å². The zero-order valence-electron chi connectivity index (χ0n) is 9.99. The van der Waals surface area contributed by atoms with Crippen molar-refractivity contribution in [3.8, 4) is 0 Å². The van der Waals surface area contributed by atoms with Gasteiger partial charge in [-0.2, -0.15) is 5.10 Å². The summed E-state index contributed by atoms with van der Waals surface area (Å²) in [6, 6.07) is 0. The van der Waals surface area contributed by atoms with E-state index in [1.807, 2.05) is 13.8 Å². The van der Waals surface area contributed by atoms with Crippen LogP contribution in [0.4, 0.5) is 11.5 Å². The van der Waals surface area contributed by atoms with Gasteiger partial charge in [0.1, 0.15) is 11.4 Å². The zero-order valence-corrected chi connectivity index (χ0v) is 9.99. The number of nitrogens with two attached hydrogens (primary N) is 1. The standard InChI is InChI=1S/C10H20N4O2/c1-4-14-9(8(11)7(2)13-14)12-5-10(3,16)6-15/h12,15-16H,4-6,11H2,1-3H3. The Labute approximate surface area is 95.1 Å². The highest BCUT2D eigenvalue weighted by molar-refractivity contribution is 5.64. The summed E-state index contributed by atoms with van der Waals surface area (Å²) in [5.74, 6) is 0.689. The van der Waals surface area contributed by atoms with Crippen LogP contribution in [0.5, 0.6) is 0 Å². The molecule has 0 spiro atoms. The van der Waals surface area contributed by atoms with Gasteiger partial charge in [-0.3, -0.25) is 0 Å². The number of aliphatic hydroxyl groups excluding tert-OH is 1. The predicted molar refractivity (Wildman–Crippen MR) is 63.2 cm³/mol. The number of nitrogens with one attached hydrogen (secondary N) is 1. The fourth-order valence-electron chi connectivity index (χ4n) is 1.34. The smallest absolute Gasteiger partial charge is 0.148 e. The van der Waals surface area contributed by atoms with E-state index in [-0.39, 0.29) is 13.2 Å². The number of hydrogen-bond acceptors (Lipinski definition) is 5. The number of anilines is 2. The SMILES string of the molecule is CCn1nc(C)c(N)c1NCC(C)(O)CO. The van der Waals surface area contributed by atoms with Crippen molar-refractivity contribution in [2.45, 2.75) is 32.9 Å². The molecule has 0 saturated heterocycles. The Kier molecular flexibility index (Phi) is 3.77. The highest BCUT2D eigenvalue weighted by Crippen LogP contribution is 2.22. The molecule has 0 amide bonds. The van der Waals surface area contributed by atoms with Gasteiger partial charge in [-0.25, -0.2) is 4.68 Å². The van der Waals surface area contributed by atoms with Gasteiger partial charge in [0.2, 0.25) is 0 Å². The average Bonchev–Trinajstić information content (AvgIpc) is 2.52. The van der Waals surface area contributed by atoms with E-state index in [1.165, 1.54) is 0 Å². The van der Waals surface area contributed by atoms with E-state index in [0.29, 0.717) is 18.1 Å². The van der Waals surface area contributed by atoms with Crippen LogP contribution in [0.1, 0.15) is 19.5 Å². The number of aryl methyl sites for hydroxylation is 2. The lowest BCUT2D eigenvalue weighted by atomic mass is 10.1. The monoisotopic (exact) mass is 228 g/mol. The molecule has 16 heavy (non-hydrogen) atoms. The number of nitrogens with zero attached hydrogens (tertiary/aromatic N) is 2. The summed E-state index contributed by atoms with van der Waals surface area (Å²) in [5, 5.41) is 25.8. The fraction of sp³-hybridized carbons (Fsp3) is 0.700. The third kappa shape index (κ3) is 2.65. The Morgan fingerprint density at radius 3 is 2.69 bits per heavy atom. The molecule has 6 nitrogen and oxygen atoms in total. The molecule has 6 heteroatoms. The minimum atomic E-state index is -1.16. The fourth-order valence-corrected chi connectivity index (χ4v) is 1.34. The molecule has 0 aliphatic heterocycles. The summed E-state index contributed by atoms with van der Waals surface area (Å²) in [5.41, 5.74) is 6.03. The molecule has 0 aliphatic rings. The van der Waals surface area contributed by atoms with Gasteiger partial charge in [-0.15, -0.1) is 0 Å². The van der Waals surface area contributed by atoms with Crippen LogP contribution in [0, 0.1) is 6.92 Å². The van der Waals surface area contributed by atoms with E-state index in [2.05, 4.69) is 10.4 Å². The molecule has 0 aromatic carbocycles. The van der Waals surface area contributed by atoms with Crippen molar-refractivity contribution in [3.05, 3.63) is 5.69 Å². The molecule has 0 bridgehead atoms. The summed E-state index contributed by atoms with van der Waals surface area (Å²) >= 11 is 0. The van der Waals surface area contributed by atoms with Gasteiger partial charge in [-0.05, 0) is 20.8 Å². The zero-order chi connectivity index (χ0) is 12.3.